The van der Waals surface area contributed by atoms with Gasteiger partial charge in [-0.15, -0.1) is 0 Å². The zero-order chi connectivity index (χ0) is 7.00. The van der Waals surface area contributed by atoms with Gasteiger partial charge in [0, 0.05) is 5.04 Å². The Balaban J connectivity index is 4.02. The van der Waals surface area contributed by atoms with Crippen molar-refractivity contribution in [2.24, 2.45) is 0 Å². The Morgan fingerprint density at radius 3 is 1.12 bits per heavy atom. The van der Waals surface area contributed by atoms with Crippen LogP contribution in [0.25, 0.3) is 0 Å². The summed E-state index contributed by atoms with van der Waals surface area (Å²) in [5, 5.41) is -1.42. The van der Waals surface area contributed by atoms with Crippen molar-refractivity contribution >= 4 is 9.08 Å². The summed E-state index contributed by atoms with van der Waals surface area (Å²) < 4.78 is 35.1. The molecular weight excluding hydrogens is 133 g/mol. The third-order valence-corrected chi connectivity index (χ3v) is 2.55. The van der Waals surface area contributed by atoms with Crippen molar-refractivity contribution in [2.75, 3.05) is 0 Å². The third kappa shape index (κ3) is 1.86. The minimum absolute atomic E-state index is 1.21. The van der Waals surface area contributed by atoms with Gasteiger partial charge in [-0.25, -0.2) is 12.3 Å². The maximum absolute atomic E-state index is 11.7. The molecule has 0 saturated heterocycles. The van der Waals surface area contributed by atoms with Crippen LogP contribution in [-0.4, -0.2) is 9.08 Å². The van der Waals surface area contributed by atoms with Crippen molar-refractivity contribution in [1.82, 2.24) is 0 Å². The van der Waals surface area contributed by atoms with Gasteiger partial charge in [0.15, 0.2) is 0 Å². The van der Waals surface area contributed by atoms with E-state index in [9.17, 15) is 12.3 Å². The van der Waals surface area contributed by atoms with Crippen LogP contribution < -0.4 is 0 Å². The molecule has 0 atom stereocenters. The number of halogens is 3. The molecule has 0 nitrogen and oxygen atoms in total. The van der Waals surface area contributed by atoms with Gasteiger partial charge in [0.2, 0.25) is 0 Å². The second-order valence-electron chi connectivity index (χ2n) is 2.75. The minimum atomic E-state index is -5.36. The molecule has 0 unspecified atom stereocenters. The van der Waals surface area contributed by atoms with Crippen LogP contribution >= 0.6 is 0 Å². The van der Waals surface area contributed by atoms with Crippen molar-refractivity contribution < 1.29 is 12.3 Å². The lowest BCUT2D eigenvalue weighted by molar-refractivity contribution is 0.397. The van der Waals surface area contributed by atoms with Crippen molar-refractivity contribution in [2.45, 2.75) is 25.8 Å². The average Bonchev–Trinajstić information content (AvgIpc) is 1.25. The van der Waals surface area contributed by atoms with E-state index in [2.05, 4.69) is 0 Å². The fourth-order valence-corrected chi connectivity index (χ4v) is 0. The Kier molecular flexibility index (Phi) is 1.76. The van der Waals surface area contributed by atoms with E-state index in [1.165, 1.54) is 20.8 Å². The van der Waals surface area contributed by atoms with Crippen LogP contribution in [0.15, 0.2) is 0 Å². The summed E-state index contributed by atoms with van der Waals surface area (Å²) in [7, 11) is -5.36. The second kappa shape index (κ2) is 1.75. The minimum Gasteiger partial charge on any atom is -0.237 e. The molecule has 8 heavy (non-hydrogen) atoms. The first-order valence-electron chi connectivity index (χ1n) is 2.32. The molecule has 0 rings (SSSR count). The molecule has 0 spiro atoms. The van der Waals surface area contributed by atoms with Crippen LogP contribution in [0, 0.1) is 0 Å². The van der Waals surface area contributed by atoms with Gasteiger partial charge >= 0.3 is 9.08 Å². The molecule has 0 aromatic heterocycles. The Hall–Kier alpha value is 0.00688. The number of rotatable bonds is 0. The van der Waals surface area contributed by atoms with E-state index in [0.29, 0.717) is 0 Å². The Morgan fingerprint density at radius 1 is 1.00 bits per heavy atom. The van der Waals surface area contributed by atoms with Crippen LogP contribution in [0.5, 0.6) is 0 Å². The van der Waals surface area contributed by atoms with E-state index < -0.39 is 14.1 Å². The van der Waals surface area contributed by atoms with Crippen molar-refractivity contribution in [3.05, 3.63) is 0 Å². The molecule has 0 bridgehead atoms. The molecule has 0 N–H and O–H groups in total. The van der Waals surface area contributed by atoms with Gasteiger partial charge < -0.3 is 0 Å². The SMILES string of the molecule is CC(C)(C)[Si](F)(F)F. The molecule has 4 heteroatoms. The molecule has 0 aromatic rings. The molecule has 0 aromatic carbocycles. The molecule has 0 amide bonds. The fraction of sp³-hybridized carbons (Fsp3) is 1.00. The van der Waals surface area contributed by atoms with Gasteiger partial charge in [0.25, 0.3) is 0 Å². The molecule has 0 aliphatic carbocycles. The van der Waals surface area contributed by atoms with Gasteiger partial charge in [-0.1, -0.05) is 20.8 Å². The highest BCUT2D eigenvalue weighted by molar-refractivity contribution is 6.61. The third-order valence-electron chi connectivity index (χ3n) is 0.850. The highest BCUT2D eigenvalue weighted by atomic mass is 28.5. The predicted molar refractivity (Wildman–Crippen MR) is 28.8 cm³/mol. The molecule has 0 fully saturated rings. The summed E-state index contributed by atoms with van der Waals surface area (Å²) >= 11 is 0. The molecule has 0 aliphatic rings. The standard InChI is InChI=1S/C4H9F3Si/c1-4(2,3)8(5,6)7/h1-3H3. The van der Waals surface area contributed by atoms with E-state index in [1.807, 2.05) is 0 Å². The largest absolute Gasteiger partial charge is 0.621 e. The molecule has 0 aliphatic heterocycles. The maximum Gasteiger partial charge on any atom is 0.621 e. The lowest BCUT2D eigenvalue weighted by Gasteiger charge is -2.17. The first-order valence-corrected chi connectivity index (χ1v) is 3.95. The van der Waals surface area contributed by atoms with Crippen LogP contribution in [0.3, 0.4) is 0 Å². The van der Waals surface area contributed by atoms with Crippen LogP contribution in [-0.2, 0) is 0 Å². The highest BCUT2D eigenvalue weighted by Gasteiger charge is 2.50. The van der Waals surface area contributed by atoms with Gasteiger partial charge in [-0.2, -0.15) is 0 Å². The number of hydrogen-bond acceptors (Lipinski definition) is 0. The van der Waals surface area contributed by atoms with E-state index in [0.717, 1.165) is 0 Å². The van der Waals surface area contributed by atoms with Crippen molar-refractivity contribution in [1.29, 1.82) is 0 Å². The summed E-state index contributed by atoms with van der Waals surface area (Å²) in [6.07, 6.45) is 0. The smallest absolute Gasteiger partial charge is 0.237 e. The maximum atomic E-state index is 11.7. The summed E-state index contributed by atoms with van der Waals surface area (Å²) in [5.74, 6) is 0. The predicted octanol–water partition coefficient (Wildman–Crippen LogP) is 2.63. The lowest BCUT2D eigenvalue weighted by atomic mass is 10.3. The van der Waals surface area contributed by atoms with Gasteiger partial charge in [-0.3, -0.25) is 0 Å². The first-order chi connectivity index (χ1) is 3.25. The zero-order valence-electron chi connectivity index (χ0n) is 5.13. The zero-order valence-corrected chi connectivity index (χ0v) is 6.13. The molecule has 0 radical (unpaired) electrons. The fourth-order valence-electron chi connectivity index (χ4n) is 0. The van der Waals surface area contributed by atoms with E-state index >= 15 is 0 Å². The van der Waals surface area contributed by atoms with Gasteiger partial charge in [-0.05, 0) is 0 Å². The van der Waals surface area contributed by atoms with E-state index in [1.54, 1.807) is 0 Å². The summed E-state index contributed by atoms with van der Waals surface area (Å²) in [4.78, 5) is 0. The van der Waals surface area contributed by atoms with Crippen molar-refractivity contribution in [3.63, 3.8) is 0 Å². The van der Waals surface area contributed by atoms with Gasteiger partial charge in [0.05, 0.1) is 0 Å². The monoisotopic (exact) mass is 142 g/mol. The molecule has 0 heterocycles. The quantitative estimate of drug-likeness (QED) is 0.360. The average molecular weight is 142 g/mol. The lowest BCUT2D eigenvalue weighted by Crippen LogP contribution is -2.28. The summed E-state index contributed by atoms with van der Waals surface area (Å²) in [6, 6.07) is 0. The van der Waals surface area contributed by atoms with Crippen LogP contribution in [0.2, 0.25) is 5.04 Å². The molecule has 50 valence electrons. The summed E-state index contributed by atoms with van der Waals surface area (Å²) in [5.41, 5.74) is 0. The van der Waals surface area contributed by atoms with E-state index in [4.69, 9.17) is 0 Å². The first kappa shape index (κ1) is 8.01. The van der Waals surface area contributed by atoms with Crippen molar-refractivity contribution in [3.8, 4) is 0 Å². The number of hydrogen-bond donors (Lipinski definition) is 0. The van der Waals surface area contributed by atoms with Crippen LogP contribution in [0.4, 0.5) is 12.3 Å². The Morgan fingerprint density at radius 2 is 1.12 bits per heavy atom. The highest BCUT2D eigenvalue weighted by Crippen LogP contribution is 2.38. The Bertz CT molecular complexity index is 66.3. The van der Waals surface area contributed by atoms with Crippen LogP contribution in [0.1, 0.15) is 20.8 Å². The second-order valence-corrected chi connectivity index (χ2v) is 5.24. The molecular formula is C4H9F3Si. The van der Waals surface area contributed by atoms with Gasteiger partial charge in [0.1, 0.15) is 0 Å². The summed E-state index contributed by atoms with van der Waals surface area (Å²) in [6.45, 7) is 3.62. The normalized spacial score (nSPS) is 14.2. The van der Waals surface area contributed by atoms with E-state index in [-0.39, 0.29) is 0 Å². The topological polar surface area (TPSA) is 0 Å². The Labute approximate surface area is 48.2 Å². The molecule has 0 saturated carbocycles.